The Morgan fingerprint density at radius 1 is 1.14 bits per heavy atom. The number of nitrogens with one attached hydrogen (secondary N) is 1. The third-order valence-electron chi connectivity index (χ3n) is 4.46. The van der Waals surface area contributed by atoms with E-state index in [2.05, 4.69) is 14.9 Å². The maximum atomic E-state index is 12.2. The van der Waals surface area contributed by atoms with Gasteiger partial charge in [-0.3, -0.25) is 9.78 Å². The molecule has 0 aliphatic rings. The van der Waals surface area contributed by atoms with Gasteiger partial charge in [-0.15, -0.1) is 0 Å². The Hall–Kier alpha value is -2.51. The first-order valence-electron chi connectivity index (χ1n) is 9.64. The van der Waals surface area contributed by atoms with E-state index in [4.69, 9.17) is 14.5 Å². The Morgan fingerprint density at radius 2 is 1.89 bits per heavy atom. The van der Waals surface area contributed by atoms with Crippen molar-refractivity contribution >= 4 is 27.8 Å². The van der Waals surface area contributed by atoms with Crippen molar-refractivity contribution in [2.45, 2.75) is 46.4 Å². The zero-order valence-corrected chi connectivity index (χ0v) is 17.0. The van der Waals surface area contributed by atoms with Crippen LogP contribution in [-0.2, 0) is 27.4 Å². The van der Waals surface area contributed by atoms with Gasteiger partial charge in [0.05, 0.1) is 22.8 Å². The predicted molar refractivity (Wildman–Crippen MR) is 109 cm³/mol. The molecule has 7 heteroatoms. The van der Waals surface area contributed by atoms with Crippen LogP contribution in [0.15, 0.2) is 30.5 Å². The van der Waals surface area contributed by atoms with Crippen LogP contribution in [0.4, 0.5) is 0 Å². The van der Waals surface area contributed by atoms with Gasteiger partial charge in [-0.05, 0) is 33.8 Å². The molecule has 1 amide bonds. The summed E-state index contributed by atoms with van der Waals surface area (Å²) in [5.41, 5.74) is 2.25. The Bertz CT molecular complexity index is 965. The molecule has 1 N–H and O–H groups in total. The molecular weight excluding hydrogens is 356 g/mol. The summed E-state index contributed by atoms with van der Waals surface area (Å²) in [7, 11) is 0. The number of hydrogen-bond acceptors (Lipinski definition) is 5. The lowest BCUT2D eigenvalue weighted by Gasteiger charge is -2.28. The number of aromatic nitrogens is 3. The van der Waals surface area contributed by atoms with Gasteiger partial charge in [0.25, 0.3) is 0 Å². The van der Waals surface area contributed by atoms with Crippen LogP contribution in [0.5, 0.6) is 0 Å². The van der Waals surface area contributed by atoms with E-state index in [1.165, 1.54) is 0 Å². The number of rotatable bonds is 9. The summed E-state index contributed by atoms with van der Waals surface area (Å²) in [6, 6.07) is 8.01. The van der Waals surface area contributed by atoms with Crippen molar-refractivity contribution in [1.29, 1.82) is 0 Å². The summed E-state index contributed by atoms with van der Waals surface area (Å²) < 4.78 is 13.0. The lowest BCUT2D eigenvalue weighted by Crippen LogP contribution is -2.48. The largest absolute Gasteiger partial charge is 0.374 e. The van der Waals surface area contributed by atoms with Gasteiger partial charge in [-0.2, -0.15) is 0 Å². The van der Waals surface area contributed by atoms with E-state index in [1.54, 1.807) is 6.20 Å². The summed E-state index contributed by atoms with van der Waals surface area (Å²) in [5, 5.41) is 4.09. The number of imidazole rings is 1. The first-order valence-corrected chi connectivity index (χ1v) is 9.64. The van der Waals surface area contributed by atoms with Gasteiger partial charge in [0, 0.05) is 25.1 Å². The zero-order chi connectivity index (χ0) is 20.1. The fraction of sp³-hybridized carbons (Fsp3) is 0.476. The molecule has 0 atom stereocenters. The molecule has 0 bridgehead atoms. The fourth-order valence-electron chi connectivity index (χ4n) is 3.33. The summed E-state index contributed by atoms with van der Waals surface area (Å²) >= 11 is 0. The van der Waals surface area contributed by atoms with Crippen LogP contribution in [0.2, 0.25) is 0 Å². The van der Waals surface area contributed by atoms with Gasteiger partial charge in [0.1, 0.15) is 24.6 Å². The molecule has 0 spiro atoms. The summed E-state index contributed by atoms with van der Waals surface area (Å²) in [5.74, 6) is 0.691. The molecule has 1 aromatic carbocycles. The number of carbonyl (C=O) groups excluding carboxylic acids is 1. The first kappa shape index (κ1) is 20.2. The molecular formula is C21H28N4O3. The quantitative estimate of drug-likeness (QED) is 0.613. The highest BCUT2D eigenvalue weighted by Crippen LogP contribution is 2.26. The smallest absolute Gasteiger partial charge is 0.246 e. The maximum Gasteiger partial charge on any atom is 0.246 e. The number of para-hydroxylation sites is 1. The molecule has 0 saturated carbocycles. The third-order valence-corrected chi connectivity index (χ3v) is 4.46. The van der Waals surface area contributed by atoms with Gasteiger partial charge < -0.3 is 19.4 Å². The van der Waals surface area contributed by atoms with Crippen molar-refractivity contribution < 1.29 is 14.3 Å². The van der Waals surface area contributed by atoms with Crippen LogP contribution in [0, 0.1) is 0 Å². The molecule has 7 nitrogen and oxygen atoms in total. The number of fused-ring (bicyclic) bond motifs is 3. The van der Waals surface area contributed by atoms with E-state index >= 15 is 0 Å². The number of carbonyl (C=O) groups is 1. The first-order chi connectivity index (χ1) is 13.4. The van der Waals surface area contributed by atoms with Gasteiger partial charge in [0.2, 0.25) is 5.91 Å². The van der Waals surface area contributed by atoms with E-state index in [9.17, 15) is 4.79 Å². The lowest BCUT2D eigenvalue weighted by atomic mass is 10.1. The van der Waals surface area contributed by atoms with Crippen LogP contribution in [-0.4, -0.2) is 45.8 Å². The molecule has 0 fully saturated rings. The lowest BCUT2D eigenvalue weighted by molar-refractivity contribution is -0.127. The van der Waals surface area contributed by atoms with Crippen LogP contribution in [0.25, 0.3) is 21.9 Å². The second-order valence-electron chi connectivity index (χ2n) is 7.33. The van der Waals surface area contributed by atoms with E-state index in [-0.39, 0.29) is 12.5 Å². The predicted octanol–water partition coefficient (Wildman–Crippen LogP) is 3.05. The van der Waals surface area contributed by atoms with Crippen LogP contribution in [0.1, 0.15) is 33.5 Å². The Balaban J connectivity index is 2.01. The van der Waals surface area contributed by atoms with Crippen molar-refractivity contribution in [3.8, 4) is 0 Å². The van der Waals surface area contributed by atoms with Crippen LogP contribution < -0.4 is 5.32 Å². The standard InChI is InChI=1S/C21H28N4O3/c1-5-27-12-18-23-17-11-22-16-10-8-7-9-15(16)20(17)25(18)14-21(3,4)24-19(26)13-28-6-2/h7-11H,5-6,12-14H2,1-4H3,(H,24,26). The monoisotopic (exact) mass is 384 g/mol. The molecule has 0 saturated heterocycles. The minimum absolute atomic E-state index is 0.0588. The molecule has 0 unspecified atom stereocenters. The topological polar surface area (TPSA) is 78.3 Å². The summed E-state index contributed by atoms with van der Waals surface area (Å²) in [6.45, 7) is 9.96. The van der Waals surface area contributed by atoms with Crippen molar-refractivity contribution in [3.63, 3.8) is 0 Å². The van der Waals surface area contributed by atoms with Crippen molar-refractivity contribution in [2.24, 2.45) is 0 Å². The average molecular weight is 384 g/mol. The highest BCUT2D eigenvalue weighted by molar-refractivity contribution is 6.02. The highest BCUT2D eigenvalue weighted by atomic mass is 16.5. The van der Waals surface area contributed by atoms with Crippen LogP contribution >= 0.6 is 0 Å². The second-order valence-corrected chi connectivity index (χ2v) is 7.33. The van der Waals surface area contributed by atoms with Gasteiger partial charge in [-0.25, -0.2) is 4.98 Å². The summed E-state index contributed by atoms with van der Waals surface area (Å²) in [6.07, 6.45) is 1.80. The minimum Gasteiger partial charge on any atom is -0.374 e. The Kier molecular flexibility index (Phi) is 6.26. The van der Waals surface area contributed by atoms with Gasteiger partial charge in [-0.1, -0.05) is 18.2 Å². The van der Waals surface area contributed by atoms with Gasteiger partial charge in [0.15, 0.2) is 0 Å². The number of nitrogens with zero attached hydrogens (tertiary/aromatic N) is 3. The summed E-state index contributed by atoms with van der Waals surface area (Å²) in [4.78, 5) is 21.5. The highest BCUT2D eigenvalue weighted by Gasteiger charge is 2.25. The molecule has 0 aliphatic carbocycles. The minimum atomic E-state index is -0.493. The van der Waals surface area contributed by atoms with Crippen molar-refractivity contribution in [3.05, 3.63) is 36.3 Å². The van der Waals surface area contributed by atoms with E-state index in [0.29, 0.717) is 26.4 Å². The Labute approximate surface area is 165 Å². The second kappa shape index (κ2) is 8.67. The Morgan fingerprint density at radius 3 is 2.64 bits per heavy atom. The van der Waals surface area contributed by atoms with Crippen molar-refractivity contribution in [2.75, 3.05) is 19.8 Å². The normalized spacial score (nSPS) is 12.0. The SMILES string of the molecule is CCOCC(=O)NC(C)(C)Cn1c(COCC)nc2cnc3ccccc3c21. The van der Waals surface area contributed by atoms with E-state index in [1.807, 2.05) is 52.0 Å². The number of pyridine rings is 1. The third kappa shape index (κ3) is 4.48. The number of hydrogen-bond donors (Lipinski definition) is 1. The maximum absolute atomic E-state index is 12.2. The van der Waals surface area contributed by atoms with Gasteiger partial charge >= 0.3 is 0 Å². The molecule has 0 radical (unpaired) electrons. The zero-order valence-electron chi connectivity index (χ0n) is 17.0. The number of ether oxygens (including phenoxy) is 2. The fourth-order valence-corrected chi connectivity index (χ4v) is 3.33. The molecule has 2 aromatic heterocycles. The molecule has 28 heavy (non-hydrogen) atoms. The average Bonchev–Trinajstić information content (AvgIpc) is 3.01. The molecule has 2 heterocycles. The van der Waals surface area contributed by atoms with Crippen LogP contribution in [0.3, 0.4) is 0 Å². The number of benzene rings is 1. The van der Waals surface area contributed by atoms with E-state index in [0.717, 1.165) is 27.8 Å². The molecule has 3 aromatic rings. The molecule has 3 rings (SSSR count). The van der Waals surface area contributed by atoms with E-state index < -0.39 is 5.54 Å². The molecule has 0 aliphatic heterocycles. The van der Waals surface area contributed by atoms with Crippen molar-refractivity contribution in [1.82, 2.24) is 19.9 Å². The molecule has 150 valence electrons. The number of amides is 1.